The van der Waals surface area contributed by atoms with E-state index in [4.69, 9.17) is 30.2 Å². The topological polar surface area (TPSA) is 161 Å². The lowest BCUT2D eigenvalue weighted by Gasteiger charge is -2.12. The van der Waals surface area contributed by atoms with Crippen LogP contribution in [0.5, 0.6) is 0 Å². The summed E-state index contributed by atoms with van der Waals surface area (Å²) in [6.07, 6.45) is 0.185. The fourth-order valence-electron chi connectivity index (χ4n) is 0.948. The number of carbonyl (C=O) groups is 1. The molecule has 8 nitrogen and oxygen atoms in total. The maximum absolute atomic E-state index is 10.8. The first kappa shape index (κ1) is 16.1. The molecule has 0 aliphatic heterocycles. The zero-order valence-electron chi connectivity index (χ0n) is 8.43. The summed E-state index contributed by atoms with van der Waals surface area (Å²) in [5, 5.41) is 0. The Bertz CT molecular complexity index is 283. The van der Waals surface area contributed by atoms with Gasteiger partial charge in [-0.15, -0.1) is 0 Å². The lowest BCUT2D eigenvalue weighted by atomic mass is 10.2. The normalized spacial score (nSPS) is 14.9. The SMILES string of the molecule is NC(CCCCC(=O)[P+](O)(O)O)P(=O)(O)O. The van der Waals surface area contributed by atoms with Gasteiger partial charge in [-0.3, -0.25) is 4.57 Å². The molecule has 7 N–H and O–H groups in total. The van der Waals surface area contributed by atoms with Crippen LogP contribution in [0.25, 0.3) is 0 Å². The van der Waals surface area contributed by atoms with E-state index in [0.29, 0.717) is 0 Å². The van der Waals surface area contributed by atoms with E-state index in [0.717, 1.165) is 0 Å². The molecule has 0 fully saturated rings. The summed E-state index contributed by atoms with van der Waals surface area (Å²) in [5.74, 6) is -1.28. The van der Waals surface area contributed by atoms with E-state index in [1.54, 1.807) is 0 Å². The van der Waals surface area contributed by atoms with Crippen LogP contribution in [0, 0.1) is 0 Å². The summed E-state index contributed by atoms with van der Waals surface area (Å²) in [6.45, 7) is 0. The molecule has 0 aliphatic carbocycles. The van der Waals surface area contributed by atoms with Gasteiger partial charge < -0.3 is 15.5 Å². The highest BCUT2D eigenvalue weighted by Gasteiger charge is 2.41. The van der Waals surface area contributed by atoms with Crippen molar-refractivity contribution < 1.29 is 33.8 Å². The van der Waals surface area contributed by atoms with Crippen LogP contribution in [0.4, 0.5) is 0 Å². The Morgan fingerprint density at radius 1 is 1.25 bits per heavy atom. The summed E-state index contributed by atoms with van der Waals surface area (Å²) < 4.78 is 10.6. The third-order valence-electron chi connectivity index (χ3n) is 1.91. The summed E-state index contributed by atoms with van der Waals surface area (Å²) >= 11 is 0. The Morgan fingerprint density at radius 3 is 2.12 bits per heavy atom. The van der Waals surface area contributed by atoms with Crippen molar-refractivity contribution in [2.45, 2.75) is 31.5 Å². The second kappa shape index (κ2) is 6.14. The van der Waals surface area contributed by atoms with Crippen molar-refractivity contribution in [3.05, 3.63) is 0 Å². The molecule has 1 atom stereocenters. The average Bonchev–Trinajstić information content (AvgIpc) is 2.08. The third kappa shape index (κ3) is 6.62. The summed E-state index contributed by atoms with van der Waals surface area (Å²) in [4.78, 5) is 53.7. The summed E-state index contributed by atoms with van der Waals surface area (Å²) in [7, 11) is -8.73. The van der Waals surface area contributed by atoms with Crippen molar-refractivity contribution >= 4 is 21.1 Å². The molecule has 0 heterocycles. The number of hydrogen-bond acceptors (Lipinski definition) is 6. The quantitative estimate of drug-likeness (QED) is 0.262. The molecule has 10 heteroatoms. The highest BCUT2D eigenvalue weighted by molar-refractivity contribution is 7.76. The number of hydrogen-bond donors (Lipinski definition) is 6. The molecule has 1 unspecified atom stereocenters. The van der Waals surface area contributed by atoms with Crippen LogP contribution in [0.3, 0.4) is 0 Å². The van der Waals surface area contributed by atoms with E-state index >= 15 is 0 Å². The van der Waals surface area contributed by atoms with Gasteiger partial charge in [0.15, 0.2) is 0 Å². The van der Waals surface area contributed by atoms with Gasteiger partial charge in [-0.1, -0.05) is 6.42 Å². The lowest BCUT2D eigenvalue weighted by Crippen LogP contribution is -2.19. The minimum absolute atomic E-state index is 0.0191. The van der Waals surface area contributed by atoms with Gasteiger partial charge in [0.05, 0.1) is 6.42 Å². The van der Waals surface area contributed by atoms with Gasteiger partial charge >= 0.3 is 21.1 Å². The van der Waals surface area contributed by atoms with Gasteiger partial charge in [-0.05, 0) is 12.8 Å². The zero-order valence-corrected chi connectivity index (χ0v) is 10.2. The van der Waals surface area contributed by atoms with Crippen LogP contribution in [0.15, 0.2) is 0 Å². The molecule has 0 aromatic carbocycles. The van der Waals surface area contributed by atoms with Crippen LogP contribution in [0.1, 0.15) is 25.7 Å². The Morgan fingerprint density at radius 2 is 1.75 bits per heavy atom. The van der Waals surface area contributed by atoms with E-state index in [-0.39, 0.29) is 25.7 Å². The number of carbonyl (C=O) groups excluding carboxylic acids is 1. The molecule has 0 bridgehead atoms. The monoisotopic (exact) mass is 276 g/mol. The predicted octanol–water partition coefficient (Wildman–Crippen LogP) is -0.725. The second-order valence-corrected chi connectivity index (χ2v) is 6.84. The Labute approximate surface area is 92.8 Å². The van der Waals surface area contributed by atoms with Crippen molar-refractivity contribution in [3.63, 3.8) is 0 Å². The maximum atomic E-state index is 10.8. The molecule has 0 aromatic rings. The lowest BCUT2D eigenvalue weighted by molar-refractivity contribution is -0.114. The predicted molar refractivity (Wildman–Crippen MR) is 57.1 cm³/mol. The Kier molecular flexibility index (Phi) is 6.17. The first-order chi connectivity index (χ1) is 7.05. The van der Waals surface area contributed by atoms with Crippen molar-refractivity contribution in [1.29, 1.82) is 0 Å². The Balaban J connectivity index is 3.79. The van der Waals surface area contributed by atoms with Gasteiger partial charge in [-0.2, -0.15) is 14.7 Å². The van der Waals surface area contributed by atoms with Gasteiger partial charge in [0.1, 0.15) is 5.78 Å². The smallest absolute Gasteiger partial charge is 0.323 e. The summed E-state index contributed by atoms with van der Waals surface area (Å²) in [5.41, 5.74) is 4.11. The van der Waals surface area contributed by atoms with E-state index in [1.807, 2.05) is 0 Å². The van der Waals surface area contributed by atoms with Crippen LogP contribution in [0.2, 0.25) is 0 Å². The van der Waals surface area contributed by atoms with Crippen LogP contribution < -0.4 is 5.73 Å². The average molecular weight is 276 g/mol. The molecule has 0 aromatic heterocycles. The van der Waals surface area contributed by atoms with Crippen molar-refractivity contribution in [3.8, 4) is 0 Å². The minimum Gasteiger partial charge on any atom is -0.323 e. The van der Waals surface area contributed by atoms with Crippen molar-refractivity contribution in [1.82, 2.24) is 0 Å². The minimum atomic E-state index is -4.43. The Hall–Kier alpha value is 0.0900. The van der Waals surface area contributed by atoms with E-state index in [9.17, 15) is 9.36 Å². The van der Waals surface area contributed by atoms with Crippen molar-refractivity contribution in [2.75, 3.05) is 0 Å². The highest BCUT2D eigenvalue weighted by Crippen LogP contribution is 2.47. The van der Waals surface area contributed by atoms with E-state index < -0.39 is 26.8 Å². The molecule has 0 spiro atoms. The van der Waals surface area contributed by atoms with Gasteiger partial charge in [0.25, 0.3) is 0 Å². The van der Waals surface area contributed by atoms with E-state index in [2.05, 4.69) is 0 Å². The molecule has 0 saturated heterocycles. The number of unbranched alkanes of at least 4 members (excludes halogenated alkanes) is 1. The zero-order chi connectivity index (χ0) is 13.0. The van der Waals surface area contributed by atoms with Crippen molar-refractivity contribution in [2.24, 2.45) is 5.73 Å². The van der Waals surface area contributed by atoms with Crippen LogP contribution >= 0.6 is 15.5 Å². The van der Waals surface area contributed by atoms with E-state index in [1.165, 1.54) is 0 Å². The number of rotatable bonds is 7. The van der Waals surface area contributed by atoms with Gasteiger partial charge in [0, 0.05) is 0 Å². The highest BCUT2D eigenvalue weighted by atomic mass is 31.2. The van der Waals surface area contributed by atoms with Gasteiger partial charge in [-0.25, -0.2) is 4.79 Å². The molecule has 0 radical (unpaired) electrons. The standard InChI is InChI=1S/C6H15NO7P2/c7-5(15(9,10)11)3-1-2-4-6(8)16(12,13)14/h5,12-14H,1-4,7H2,(H-,9,10,11)/p+1. The molecule has 96 valence electrons. The second-order valence-electron chi connectivity index (χ2n) is 3.36. The van der Waals surface area contributed by atoms with Gasteiger partial charge in [0.2, 0.25) is 0 Å². The molecule has 0 saturated carbocycles. The summed E-state index contributed by atoms with van der Waals surface area (Å²) in [6, 6.07) is 0. The first-order valence-electron chi connectivity index (χ1n) is 4.46. The maximum Gasteiger partial charge on any atom is 0.478 e. The fourth-order valence-corrected chi connectivity index (χ4v) is 1.92. The third-order valence-corrected chi connectivity index (χ3v) is 3.92. The molecule has 0 aliphatic rings. The molecule has 0 amide bonds. The number of nitrogens with two attached hydrogens (primary N) is 1. The molecule has 0 rings (SSSR count). The first-order valence-corrected chi connectivity index (χ1v) is 7.79. The molecule has 16 heavy (non-hydrogen) atoms. The van der Waals surface area contributed by atoms with Crippen LogP contribution in [-0.2, 0) is 9.36 Å². The van der Waals surface area contributed by atoms with Crippen LogP contribution in [-0.4, -0.2) is 35.8 Å². The molecular formula is C6H16NO7P2+. The molecular weight excluding hydrogens is 260 g/mol. The fraction of sp³-hybridized carbons (Fsp3) is 0.833. The largest absolute Gasteiger partial charge is 0.478 e.